The van der Waals surface area contributed by atoms with Gasteiger partial charge in [-0.3, -0.25) is 5.10 Å². The van der Waals surface area contributed by atoms with Gasteiger partial charge in [-0.05, 0) is 22.4 Å². The molecule has 98 valence electrons. The van der Waals surface area contributed by atoms with Crippen molar-refractivity contribution in [2.45, 2.75) is 12.8 Å². The molecule has 3 heterocycles. The van der Waals surface area contributed by atoms with E-state index in [2.05, 4.69) is 46.4 Å². The molecule has 3 aromatic rings. The average molecular weight is 322 g/mol. The Kier molecular flexibility index (Phi) is 3.41. The van der Waals surface area contributed by atoms with Gasteiger partial charge in [0.05, 0.1) is 0 Å². The molecule has 0 aromatic carbocycles. The van der Waals surface area contributed by atoms with Crippen LogP contribution in [0.2, 0.25) is 0 Å². The number of fused-ring (bicyclic) bond motifs is 1. The highest BCUT2D eigenvalue weighted by atomic mass is 79.9. The summed E-state index contributed by atoms with van der Waals surface area (Å²) in [6.45, 7) is 0.798. The second kappa shape index (κ2) is 5.35. The first-order valence-electron chi connectivity index (χ1n) is 5.90. The molecule has 3 aromatic heterocycles. The Hall–Kier alpha value is -1.96. The highest BCUT2D eigenvalue weighted by Crippen LogP contribution is 2.16. The predicted octanol–water partition coefficient (Wildman–Crippen LogP) is 1.65. The molecule has 0 saturated carbocycles. The van der Waals surface area contributed by atoms with Gasteiger partial charge in [-0.1, -0.05) is 0 Å². The molecule has 2 N–H and O–H groups in total. The minimum absolute atomic E-state index is 0.774. The van der Waals surface area contributed by atoms with E-state index in [0.29, 0.717) is 0 Å². The Morgan fingerprint density at radius 2 is 2.32 bits per heavy atom. The van der Waals surface area contributed by atoms with Crippen LogP contribution >= 0.6 is 15.9 Å². The van der Waals surface area contributed by atoms with E-state index in [1.807, 2.05) is 16.8 Å². The molecule has 0 fully saturated rings. The lowest BCUT2D eigenvalue weighted by molar-refractivity contribution is 0.803. The third kappa shape index (κ3) is 2.73. The smallest absolute Gasteiger partial charge is 0.180 e. The summed E-state index contributed by atoms with van der Waals surface area (Å²) >= 11 is 3.39. The summed E-state index contributed by atoms with van der Waals surface area (Å²) < 4.78 is 2.70. The van der Waals surface area contributed by atoms with Crippen LogP contribution in [0.25, 0.3) is 5.65 Å². The highest BCUT2D eigenvalue weighted by Gasteiger charge is 2.05. The van der Waals surface area contributed by atoms with Crippen molar-refractivity contribution in [3.8, 4) is 0 Å². The van der Waals surface area contributed by atoms with E-state index in [4.69, 9.17) is 0 Å². The molecule has 0 radical (unpaired) electrons. The first-order chi connectivity index (χ1) is 9.33. The van der Waals surface area contributed by atoms with Crippen molar-refractivity contribution in [1.29, 1.82) is 0 Å². The SMILES string of the molecule is Brc1cn2ccnc2c(NCCCc2ncn[nH]2)n1. The second-order valence-electron chi connectivity index (χ2n) is 4.03. The largest absolute Gasteiger partial charge is 0.367 e. The summed E-state index contributed by atoms with van der Waals surface area (Å²) in [7, 11) is 0. The first-order valence-corrected chi connectivity index (χ1v) is 6.69. The second-order valence-corrected chi connectivity index (χ2v) is 4.85. The topological polar surface area (TPSA) is 83.8 Å². The molecule has 8 heteroatoms. The number of hydrogen-bond acceptors (Lipinski definition) is 5. The molecule has 0 atom stereocenters. The van der Waals surface area contributed by atoms with Gasteiger partial charge in [0.15, 0.2) is 11.5 Å². The van der Waals surface area contributed by atoms with Gasteiger partial charge in [0.1, 0.15) is 16.8 Å². The lowest BCUT2D eigenvalue weighted by Gasteiger charge is -2.06. The summed E-state index contributed by atoms with van der Waals surface area (Å²) in [6.07, 6.45) is 8.83. The Bertz CT molecular complexity index is 661. The van der Waals surface area contributed by atoms with Gasteiger partial charge in [0.25, 0.3) is 0 Å². The number of nitrogens with zero attached hydrogens (tertiary/aromatic N) is 5. The normalized spacial score (nSPS) is 11.0. The zero-order valence-corrected chi connectivity index (χ0v) is 11.6. The van der Waals surface area contributed by atoms with Gasteiger partial charge in [0, 0.05) is 31.6 Å². The van der Waals surface area contributed by atoms with Crippen LogP contribution in [0.5, 0.6) is 0 Å². The first kappa shape index (κ1) is 12.1. The van der Waals surface area contributed by atoms with E-state index >= 15 is 0 Å². The van der Waals surface area contributed by atoms with Gasteiger partial charge in [-0.25, -0.2) is 15.0 Å². The maximum atomic E-state index is 4.39. The standard InChI is InChI=1S/C11H12BrN7/c12-8-6-19-5-4-14-11(19)10(17-8)13-3-1-2-9-15-7-16-18-9/h4-7H,1-3H2,(H,13,17)(H,15,16,18). The van der Waals surface area contributed by atoms with E-state index in [0.717, 1.165) is 41.3 Å². The maximum absolute atomic E-state index is 4.39. The average Bonchev–Trinajstić information content (AvgIpc) is 3.04. The summed E-state index contributed by atoms with van der Waals surface area (Å²) in [4.78, 5) is 12.8. The minimum atomic E-state index is 0.774. The third-order valence-electron chi connectivity index (χ3n) is 2.69. The number of aromatic amines is 1. The van der Waals surface area contributed by atoms with Crippen molar-refractivity contribution in [2.75, 3.05) is 11.9 Å². The van der Waals surface area contributed by atoms with Crippen molar-refractivity contribution in [3.63, 3.8) is 0 Å². The quantitative estimate of drug-likeness (QED) is 0.698. The zero-order valence-electron chi connectivity index (χ0n) is 10.0. The highest BCUT2D eigenvalue weighted by molar-refractivity contribution is 9.10. The summed E-state index contributed by atoms with van der Waals surface area (Å²) in [5.41, 5.74) is 0.822. The number of anilines is 1. The summed E-state index contributed by atoms with van der Waals surface area (Å²) in [6, 6.07) is 0. The van der Waals surface area contributed by atoms with Gasteiger partial charge in [-0.15, -0.1) is 0 Å². The fourth-order valence-corrected chi connectivity index (χ4v) is 2.23. The van der Waals surface area contributed by atoms with Crippen molar-refractivity contribution >= 4 is 27.4 Å². The lowest BCUT2D eigenvalue weighted by atomic mass is 10.3. The number of H-pyrrole nitrogens is 1. The van der Waals surface area contributed by atoms with Crippen LogP contribution in [0.1, 0.15) is 12.2 Å². The fourth-order valence-electron chi connectivity index (χ4n) is 1.83. The van der Waals surface area contributed by atoms with Crippen LogP contribution in [0.15, 0.2) is 29.5 Å². The van der Waals surface area contributed by atoms with Crippen LogP contribution in [0.3, 0.4) is 0 Å². The van der Waals surface area contributed by atoms with Crippen molar-refractivity contribution in [1.82, 2.24) is 29.5 Å². The number of aryl methyl sites for hydroxylation is 1. The van der Waals surface area contributed by atoms with Crippen LogP contribution in [0.4, 0.5) is 5.82 Å². The molecule has 0 aliphatic heterocycles. The molecule has 0 bridgehead atoms. The predicted molar refractivity (Wildman–Crippen MR) is 73.9 cm³/mol. The van der Waals surface area contributed by atoms with E-state index in [1.165, 1.54) is 6.33 Å². The molecule has 7 nitrogen and oxygen atoms in total. The number of hydrogen-bond donors (Lipinski definition) is 2. The molecular weight excluding hydrogens is 310 g/mol. The number of halogens is 1. The monoisotopic (exact) mass is 321 g/mol. The lowest BCUT2D eigenvalue weighted by Crippen LogP contribution is -2.07. The van der Waals surface area contributed by atoms with Crippen LogP contribution in [-0.2, 0) is 6.42 Å². The maximum Gasteiger partial charge on any atom is 0.180 e. The Labute approximate surface area is 117 Å². The fraction of sp³-hybridized carbons (Fsp3) is 0.273. The zero-order chi connectivity index (χ0) is 13.1. The van der Waals surface area contributed by atoms with Crippen LogP contribution < -0.4 is 5.32 Å². The van der Waals surface area contributed by atoms with Gasteiger partial charge in [-0.2, -0.15) is 5.10 Å². The van der Waals surface area contributed by atoms with Gasteiger partial charge < -0.3 is 9.72 Å². The van der Waals surface area contributed by atoms with Crippen LogP contribution in [0, 0.1) is 0 Å². The molecular formula is C11H12BrN7. The van der Waals surface area contributed by atoms with E-state index in [9.17, 15) is 0 Å². The molecule has 3 rings (SSSR count). The Balaban J connectivity index is 1.63. The Morgan fingerprint density at radius 1 is 1.37 bits per heavy atom. The number of imidazole rings is 1. The van der Waals surface area contributed by atoms with Crippen molar-refractivity contribution in [3.05, 3.63) is 35.3 Å². The van der Waals surface area contributed by atoms with Crippen LogP contribution in [-0.4, -0.2) is 36.1 Å². The summed E-state index contributed by atoms with van der Waals surface area (Å²) in [5.74, 6) is 1.67. The minimum Gasteiger partial charge on any atom is -0.367 e. The molecule has 19 heavy (non-hydrogen) atoms. The molecule has 0 unspecified atom stereocenters. The summed E-state index contributed by atoms with van der Waals surface area (Å²) in [5, 5.41) is 9.95. The third-order valence-corrected chi connectivity index (χ3v) is 3.07. The van der Waals surface area contributed by atoms with Gasteiger partial charge >= 0.3 is 0 Å². The van der Waals surface area contributed by atoms with Crippen molar-refractivity contribution < 1.29 is 0 Å². The van der Waals surface area contributed by atoms with E-state index in [1.54, 1.807) is 6.20 Å². The molecule has 0 spiro atoms. The molecule has 0 aliphatic carbocycles. The molecule has 0 amide bonds. The van der Waals surface area contributed by atoms with Crippen molar-refractivity contribution in [2.24, 2.45) is 0 Å². The number of rotatable bonds is 5. The number of aromatic nitrogens is 6. The molecule has 0 aliphatic rings. The number of nitrogens with one attached hydrogen (secondary N) is 2. The van der Waals surface area contributed by atoms with E-state index in [-0.39, 0.29) is 0 Å². The Morgan fingerprint density at radius 3 is 3.16 bits per heavy atom. The van der Waals surface area contributed by atoms with E-state index < -0.39 is 0 Å². The van der Waals surface area contributed by atoms with Gasteiger partial charge in [0.2, 0.25) is 0 Å². The molecule has 0 saturated heterocycles.